The number of amides is 3. The topological polar surface area (TPSA) is 99.2 Å². The smallest absolute Gasteiger partial charge is 0.411 e. The van der Waals surface area contributed by atoms with Crippen LogP contribution in [0.2, 0.25) is 0 Å². The van der Waals surface area contributed by atoms with E-state index < -0.39 is 23.8 Å². The maximum Gasteiger partial charge on any atom is 0.411 e. The van der Waals surface area contributed by atoms with E-state index >= 15 is 0 Å². The predicted octanol–water partition coefficient (Wildman–Crippen LogP) is 3.67. The molecule has 1 atom stereocenters. The Bertz CT molecular complexity index is 1210. The van der Waals surface area contributed by atoms with Crippen molar-refractivity contribution < 1.29 is 24.2 Å². The van der Waals surface area contributed by atoms with Gasteiger partial charge in [-0.25, -0.2) is 9.59 Å². The van der Waals surface area contributed by atoms with Crippen molar-refractivity contribution in [2.45, 2.75) is 18.2 Å². The van der Waals surface area contributed by atoms with Crippen LogP contribution in [0.1, 0.15) is 27.0 Å². The summed E-state index contributed by atoms with van der Waals surface area (Å²) in [7, 11) is 0. The number of rotatable bonds is 5. The van der Waals surface area contributed by atoms with Gasteiger partial charge >= 0.3 is 12.2 Å². The number of ether oxygens (including phenoxy) is 1. The number of piperazine rings is 1. The largest absolute Gasteiger partial charge is 0.465 e. The fourth-order valence-corrected chi connectivity index (χ4v) is 5.01. The number of cyclic esters (lactones) is 1. The van der Waals surface area contributed by atoms with Gasteiger partial charge in [-0.1, -0.05) is 72.8 Å². The van der Waals surface area contributed by atoms with Crippen molar-refractivity contribution in [2.75, 3.05) is 19.6 Å². The number of benzene rings is 3. The number of hydrogen-bond acceptors (Lipinski definition) is 4. The Morgan fingerprint density at radius 3 is 2.23 bits per heavy atom. The van der Waals surface area contributed by atoms with Crippen molar-refractivity contribution in [2.24, 2.45) is 0 Å². The molecule has 178 valence electrons. The molecule has 0 saturated carbocycles. The number of carboxylic acid groups (broad SMARTS) is 1. The van der Waals surface area contributed by atoms with E-state index in [-0.39, 0.29) is 12.5 Å². The lowest BCUT2D eigenvalue weighted by Gasteiger charge is -2.42. The SMILES string of the molecule is O=C(O)NCc1cccc(C(=O)N2CCN3C(=O)OC(c4ccccc4)(c4ccccc4)C3C2)c1. The molecular weight excluding hydrogens is 446 g/mol. The molecule has 2 saturated heterocycles. The van der Waals surface area contributed by atoms with E-state index in [0.29, 0.717) is 30.8 Å². The minimum Gasteiger partial charge on any atom is -0.465 e. The van der Waals surface area contributed by atoms with Gasteiger partial charge in [0.15, 0.2) is 5.60 Å². The fourth-order valence-electron chi connectivity index (χ4n) is 5.01. The van der Waals surface area contributed by atoms with E-state index in [1.54, 1.807) is 34.1 Å². The third-order valence-corrected chi connectivity index (χ3v) is 6.64. The van der Waals surface area contributed by atoms with Gasteiger partial charge in [0.2, 0.25) is 0 Å². The lowest BCUT2D eigenvalue weighted by atomic mass is 9.79. The Kier molecular flexibility index (Phi) is 5.86. The molecule has 2 aliphatic rings. The molecule has 2 aliphatic heterocycles. The van der Waals surface area contributed by atoms with Crippen molar-refractivity contribution in [3.05, 3.63) is 107 Å². The third kappa shape index (κ3) is 4.07. The number of nitrogens with one attached hydrogen (secondary N) is 1. The summed E-state index contributed by atoms with van der Waals surface area (Å²) in [5.74, 6) is -0.170. The first-order valence-electron chi connectivity index (χ1n) is 11.4. The van der Waals surface area contributed by atoms with Gasteiger partial charge in [0.1, 0.15) is 6.04 Å². The summed E-state index contributed by atoms with van der Waals surface area (Å²) in [5, 5.41) is 11.2. The predicted molar refractivity (Wildman–Crippen MR) is 128 cm³/mol. The summed E-state index contributed by atoms with van der Waals surface area (Å²) < 4.78 is 6.16. The van der Waals surface area contributed by atoms with Gasteiger partial charge in [0.25, 0.3) is 5.91 Å². The minimum absolute atomic E-state index is 0.111. The van der Waals surface area contributed by atoms with Crippen LogP contribution < -0.4 is 5.32 Å². The molecule has 35 heavy (non-hydrogen) atoms. The molecule has 8 heteroatoms. The van der Waals surface area contributed by atoms with E-state index in [2.05, 4.69) is 5.32 Å². The van der Waals surface area contributed by atoms with Crippen LogP contribution in [0, 0.1) is 0 Å². The van der Waals surface area contributed by atoms with Gasteiger partial charge in [-0.15, -0.1) is 0 Å². The van der Waals surface area contributed by atoms with Crippen LogP contribution in [0.5, 0.6) is 0 Å². The zero-order chi connectivity index (χ0) is 24.4. The van der Waals surface area contributed by atoms with Crippen LogP contribution in [-0.4, -0.2) is 58.7 Å². The highest BCUT2D eigenvalue weighted by Gasteiger charge is 2.58. The molecule has 1 unspecified atom stereocenters. The van der Waals surface area contributed by atoms with E-state index in [9.17, 15) is 14.4 Å². The molecule has 0 spiro atoms. The van der Waals surface area contributed by atoms with Crippen molar-refractivity contribution in [1.82, 2.24) is 15.1 Å². The molecule has 8 nitrogen and oxygen atoms in total. The van der Waals surface area contributed by atoms with Gasteiger partial charge < -0.3 is 20.1 Å². The standard InChI is InChI=1S/C27H25N3O5/c31-24(20-9-7-8-19(16-20)17-28-25(32)33)29-14-15-30-23(18-29)27(35-26(30)34,21-10-3-1-4-11-21)22-12-5-2-6-13-22/h1-13,16,23,28H,14-15,17-18H2,(H,32,33). The molecule has 2 fully saturated rings. The van der Waals surface area contributed by atoms with Crippen LogP contribution in [-0.2, 0) is 16.9 Å². The molecule has 0 bridgehead atoms. The summed E-state index contributed by atoms with van der Waals surface area (Å²) >= 11 is 0. The molecule has 3 amide bonds. The molecule has 0 radical (unpaired) electrons. The highest BCUT2D eigenvalue weighted by molar-refractivity contribution is 5.94. The Hall–Kier alpha value is -4.33. The van der Waals surface area contributed by atoms with E-state index in [4.69, 9.17) is 9.84 Å². The molecule has 3 aromatic rings. The third-order valence-electron chi connectivity index (χ3n) is 6.64. The number of hydrogen-bond donors (Lipinski definition) is 2. The van der Waals surface area contributed by atoms with Gasteiger partial charge in [-0.05, 0) is 17.7 Å². The second-order valence-electron chi connectivity index (χ2n) is 8.66. The van der Waals surface area contributed by atoms with Crippen molar-refractivity contribution in [3.63, 3.8) is 0 Å². The zero-order valence-corrected chi connectivity index (χ0v) is 19.0. The van der Waals surface area contributed by atoms with Crippen LogP contribution in [0.15, 0.2) is 84.9 Å². The Morgan fingerprint density at radius 1 is 0.943 bits per heavy atom. The van der Waals surface area contributed by atoms with E-state index in [1.807, 2.05) is 60.7 Å². The maximum atomic E-state index is 13.5. The first-order valence-corrected chi connectivity index (χ1v) is 11.4. The summed E-state index contributed by atoms with van der Waals surface area (Å²) in [6, 6.07) is 25.8. The van der Waals surface area contributed by atoms with Gasteiger partial charge in [-0.2, -0.15) is 0 Å². The first kappa shape index (κ1) is 22.5. The molecule has 3 aromatic carbocycles. The average molecular weight is 472 g/mol. The normalized spacial score (nSPS) is 18.5. The fraction of sp³-hybridized carbons (Fsp3) is 0.222. The summed E-state index contributed by atoms with van der Waals surface area (Å²) in [6.07, 6.45) is -1.52. The summed E-state index contributed by atoms with van der Waals surface area (Å²) in [5.41, 5.74) is 1.81. The van der Waals surface area contributed by atoms with Gasteiger partial charge in [0, 0.05) is 42.9 Å². The Morgan fingerprint density at radius 2 is 1.60 bits per heavy atom. The van der Waals surface area contributed by atoms with Crippen molar-refractivity contribution in [3.8, 4) is 0 Å². The summed E-state index contributed by atoms with van der Waals surface area (Å²) in [4.78, 5) is 40.8. The molecule has 5 rings (SSSR count). The number of carbonyl (C=O) groups is 3. The highest BCUT2D eigenvalue weighted by Crippen LogP contribution is 2.45. The van der Waals surface area contributed by atoms with Gasteiger partial charge in [-0.3, -0.25) is 9.69 Å². The first-order chi connectivity index (χ1) is 17.0. The molecule has 2 heterocycles. The van der Waals surface area contributed by atoms with Crippen LogP contribution in [0.25, 0.3) is 0 Å². The molecule has 2 N–H and O–H groups in total. The maximum absolute atomic E-state index is 13.5. The Labute approximate surface area is 202 Å². The average Bonchev–Trinajstić information content (AvgIpc) is 3.21. The lowest BCUT2D eigenvalue weighted by Crippen LogP contribution is -2.58. The monoisotopic (exact) mass is 471 g/mol. The van der Waals surface area contributed by atoms with Crippen LogP contribution >= 0.6 is 0 Å². The number of nitrogens with zero attached hydrogens (tertiary/aromatic N) is 2. The second kappa shape index (κ2) is 9.13. The molecular formula is C27H25N3O5. The lowest BCUT2D eigenvalue weighted by molar-refractivity contribution is 0.0372. The van der Waals surface area contributed by atoms with Crippen molar-refractivity contribution in [1.29, 1.82) is 0 Å². The quantitative estimate of drug-likeness (QED) is 0.592. The van der Waals surface area contributed by atoms with Crippen molar-refractivity contribution >= 4 is 18.1 Å². The van der Waals surface area contributed by atoms with Crippen LogP contribution in [0.4, 0.5) is 9.59 Å². The second-order valence-corrected chi connectivity index (χ2v) is 8.66. The van der Waals surface area contributed by atoms with Gasteiger partial charge in [0.05, 0.1) is 0 Å². The zero-order valence-electron chi connectivity index (χ0n) is 19.0. The van der Waals surface area contributed by atoms with E-state index in [0.717, 1.165) is 11.1 Å². The number of carbonyl (C=O) groups excluding carboxylic acids is 2. The molecule has 0 aliphatic carbocycles. The van der Waals surface area contributed by atoms with E-state index in [1.165, 1.54) is 0 Å². The Balaban J connectivity index is 1.48. The molecule has 0 aromatic heterocycles. The number of fused-ring (bicyclic) bond motifs is 1. The van der Waals surface area contributed by atoms with Crippen LogP contribution in [0.3, 0.4) is 0 Å². The highest BCUT2D eigenvalue weighted by atomic mass is 16.6. The summed E-state index contributed by atoms with van der Waals surface area (Å²) in [6.45, 7) is 1.14. The minimum atomic E-state index is -1.12.